The van der Waals surface area contributed by atoms with Crippen molar-refractivity contribution in [2.75, 3.05) is 24.8 Å². The van der Waals surface area contributed by atoms with Gasteiger partial charge in [-0.05, 0) is 61.9 Å². The zero-order valence-electron chi connectivity index (χ0n) is 24.8. The fourth-order valence-electron chi connectivity index (χ4n) is 5.05. The number of benzene rings is 2. The maximum atomic E-state index is 13.2. The number of hydrogen-bond donors (Lipinski definition) is 2. The van der Waals surface area contributed by atoms with E-state index < -0.39 is 5.97 Å². The first-order valence-corrected chi connectivity index (χ1v) is 16.4. The van der Waals surface area contributed by atoms with E-state index in [1.165, 1.54) is 23.1 Å². The number of fused-ring (bicyclic) bond motifs is 1. The van der Waals surface area contributed by atoms with E-state index in [4.69, 9.17) is 9.47 Å². The van der Waals surface area contributed by atoms with Gasteiger partial charge in [0.05, 0.1) is 38.1 Å². The highest BCUT2D eigenvalue weighted by Gasteiger charge is 2.27. The molecule has 1 aliphatic rings. The number of esters is 1. The number of thiophene rings is 1. The zero-order chi connectivity index (χ0) is 30.9. The molecule has 44 heavy (non-hydrogen) atoms. The maximum absolute atomic E-state index is 13.2. The van der Waals surface area contributed by atoms with E-state index in [1.807, 2.05) is 34.9 Å². The molecule has 0 unspecified atom stereocenters. The van der Waals surface area contributed by atoms with Gasteiger partial charge < -0.3 is 24.7 Å². The van der Waals surface area contributed by atoms with Crippen LogP contribution in [0.1, 0.15) is 68.7 Å². The number of rotatable bonds is 12. The normalized spacial score (nSPS) is 12.6. The third kappa shape index (κ3) is 7.67. The molecule has 0 saturated heterocycles. The smallest absolute Gasteiger partial charge is 0.341 e. The average molecular weight is 634 g/mol. The van der Waals surface area contributed by atoms with Crippen molar-refractivity contribution < 1.29 is 23.9 Å². The summed E-state index contributed by atoms with van der Waals surface area (Å²) in [6.45, 7) is 2.66. The van der Waals surface area contributed by atoms with Crippen molar-refractivity contribution in [1.82, 2.24) is 20.1 Å². The van der Waals surface area contributed by atoms with Gasteiger partial charge in [-0.15, -0.1) is 21.5 Å². The summed E-state index contributed by atoms with van der Waals surface area (Å²) in [5, 5.41) is 15.7. The number of amides is 2. The minimum atomic E-state index is -0.391. The van der Waals surface area contributed by atoms with E-state index in [0.717, 1.165) is 48.1 Å². The third-order valence-corrected chi connectivity index (χ3v) is 9.38. The van der Waals surface area contributed by atoms with Gasteiger partial charge in [-0.2, -0.15) is 0 Å². The molecular weight excluding hydrogens is 599 g/mol. The van der Waals surface area contributed by atoms with Gasteiger partial charge in [0.25, 0.3) is 5.91 Å². The van der Waals surface area contributed by atoms with E-state index in [-0.39, 0.29) is 30.7 Å². The molecule has 0 aliphatic heterocycles. The third-order valence-electron chi connectivity index (χ3n) is 7.20. The molecule has 2 heterocycles. The number of nitrogens with one attached hydrogen (secondary N) is 2. The molecule has 1 aliphatic carbocycles. The number of hydrogen-bond acceptors (Lipinski definition) is 9. The number of ether oxygens (including phenoxy) is 2. The summed E-state index contributed by atoms with van der Waals surface area (Å²) in [6.07, 6.45) is 4.91. The SMILES string of the molecule is CCOC(=O)c1c(NC(=O)CSc2nnc(CNC(=O)c3cccc(OC)c3)n2Cc2ccccc2)sc2c1CCCCC2. The van der Waals surface area contributed by atoms with E-state index in [9.17, 15) is 14.4 Å². The van der Waals surface area contributed by atoms with Crippen LogP contribution in [0, 0.1) is 0 Å². The van der Waals surface area contributed by atoms with Crippen molar-refractivity contribution in [2.45, 2.75) is 57.3 Å². The van der Waals surface area contributed by atoms with Gasteiger partial charge in [-0.3, -0.25) is 9.59 Å². The Morgan fingerprint density at radius 3 is 2.64 bits per heavy atom. The number of methoxy groups -OCH3 is 1. The van der Waals surface area contributed by atoms with Crippen molar-refractivity contribution >= 4 is 45.9 Å². The van der Waals surface area contributed by atoms with Crippen LogP contribution in [-0.2, 0) is 35.5 Å². The first-order chi connectivity index (χ1) is 21.5. The van der Waals surface area contributed by atoms with Crippen molar-refractivity contribution in [1.29, 1.82) is 0 Å². The van der Waals surface area contributed by atoms with Crippen LogP contribution in [0.25, 0.3) is 0 Å². The number of aromatic nitrogens is 3. The number of carbonyl (C=O) groups is 3. The number of carbonyl (C=O) groups excluding carboxylic acids is 3. The molecule has 230 valence electrons. The predicted octanol–water partition coefficient (Wildman–Crippen LogP) is 5.50. The molecule has 2 aromatic heterocycles. The molecule has 0 radical (unpaired) electrons. The Hall–Kier alpha value is -4.16. The minimum Gasteiger partial charge on any atom is -0.497 e. The first-order valence-electron chi connectivity index (χ1n) is 14.6. The summed E-state index contributed by atoms with van der Waals surface area (Å²) in [4.78, 5) is 40.1. The molecule has 0 spiro atoms. The lowest BCUT2D eigenvalue weighted by Gasteiger charge is -2.12. The minimum absolute atomic E-state index is 0.0634. The fraction of sp³-hybridized carbons (Fsp3) is 0.344. The molecule has 0 bridgehead atoms. The lowest BCUT2D eigenvalue weighted by Crippen LogP contribution is -2.25. The van der Waals surface area contributed by atoms with E-state index in [2.05, 4.69) is 20.8 Å². The summed E-state index contributed by atoms with van der Waals surface area (Å²) < 4.78 is 12.5. The van der Waals surface area contributed by atoms with Crippen molar-refractivity contribution in [2.24, 2.45) is 0 Å². The van der Waals surface area contributed by atoms with E-state index in [0.29, 0.717) is 39.4 Å². The molecule has 4 aromatic rings. The Morgan fingerprint density at radius 1 is 1.02 bits per heavy atom. The Morgan fingerprint density at radius 2 is 1.84 bits per heavy atom. The number of aryl methyl sites for hydroxylation is 1. The molecule has 5 rings (SSSR count). The lowest BCUT2D eigenvalue weighted by molar-refractivity contribution is -0.113. The second-order valence-corrected chi connectivity index (χ2v) is 12.3. The molecule has 2 amide bonds. The summed E-state index contributed by atoms with van der Waals surface area (Å²) in [5.74, 6) is 0.304. The van der Waals surface area contributed by atoms with Crippen molar-refractivity contribution in [3.8, 4) is 5.75 Å². The average Bonchev–Trinajstić information content (AvgIpc) is 3.49. The number of anilines is 1. The van der Waals surface area contributed by atoms with Gasteiger partial charge in [0.2, 0.25) is 5.91 Å². The fourth-order valence-corrected chi connectivity index (χ4v) is 7.10. The van der Waals surface area contributed by atoms with Gasteiger partial charge in [0, 0.05) is 10.4 Å². The topological polar surface area (TPSA) is 124 Å². The summed E-state index contributed by atoms with van der Waals surface area (Å²) in [7, 11) is 1.55. The molecule has 12 heteroatoms. The van der Waals surface area contributed by atoms with Gasteiger partial charge in [0.15, 0.2) is 11.0 Å². The van der Waals surface area contributed by atoms with Gasteiger partial charge in [0.1, 0.15) is 10.8 Å². The summed E-state index contributed by atoms with van der Waals surface area (Å²) >= 11 is 2.72. The highest BCUT2D eigenvalue weighted by Crippen LogP contribution is 2.38. The number of thioether (sulfide) groups is 1. The van der Waals surface area contributed by atoms with Crippen LogP contribution in [0.5, 0.6) is 5.75 Å². The predicted molar refractivity (Wildman–Crippen MR) is 171 cm³/mol. The van der Waals surface area contributed by atoms with E-state index in [1.54, 1.807) is 38.3 Å². The van der Waals surface area contributed by atoms with Crippen LogP contribution in [-0.4, -0.2) is 52.0 Å². The van der Waals surface area contributed by atoms with Crippen LogP contribution in [0.15, 0.2) is 59.8 Å². The van der Waals surface area contributed by atoms with Crippen molar-refractivity contribution in [3.63, 3.8) is 0 Å². The first kappa shape index (κ1) is 31.3. The van der Waals surface area contributed by atoms with Crippen LogP contribution >= 0.6 is 23.1 Å². The van der Waals surface area contributed by atoms with Gasteiger partial charge in [-0.1, -0.05) is 54.6 Å². The highest BCUT2D eigenvalue weighted by atomic mass is 32.2. The molecular formula is C32H35N5O5S2. The van der Waals surface area contributed by atoms with E-state index >= 15 is 0 Å². The molecule has 2 N–H and O–H groups in total. The maximum Gasteiger partial charge on any atom is 0.341 e. The summed E-state index contributed by atoms with van der Waals surface area (Å²) in [6, 6.07) is 16.8. The Kier molecular flexibility index (Phi) is 10.7. The molecule has 0 saturated carbocycles. The largest absolute Gasteiger partial charge is 0.497 e. The monoisotopic (exact) mass is 633 g/mol. The second kappa shape index (κ2) is 15.0. The van der Waals surface area contributed by atoms with Crippen LogP contribution in [0.3, 0.4) is 0 Å². The van der Waals surface area contributed by atoms with Crippen LogP contribution in [0.4, 0.5) is 5.00 Å². The standard InChI is InChI=1S/C32H35N5O5S2/c1-3-42-31(40)28-24-15-8-5-9-16-25(24)44-30(28)34-27(38)20-43-32-36-35-26(37(32)19-21-11-6-4-7-12-21)18-33-29(39)22-13-10-14-23(17-22)41-2/h4,6-7,10-14,17H,3,5,8-9,15-16,18-20H2,1-2H3,(H,33,39)(H,34,38). The Labute approximate surface area is 264 Å². The summed E-state index contributed by atoms with van der Waals surface area (Å²) in [5.41, 5.74) is 3.00. The Balaban J connectivity index is 1.30. The van der Waals surface area contributed by atoms with Gasteiger partial charge in [-0.25, -0.2) is 4.79 Å². The molecule has 10 nitrogen and oxygen atoms in total. The molecule has 0 atom stereocenters. The van der Waals surface area contributed by atoms with Crippen LogP contribution < -0.4 is 15.4 Å². The second-order valence-electron chi connectivity index (χ2n) is 10.2. The highest BCUT2D eigenvalue weighted by molar-refractivity contribution is 7.99. The molecule has 0 fully saturated rings. The number of nitrogens with zero attached hydrogens (tertiary/aromatic N) is 3. The Bertz CT molecular complexity index is 1620. The van der Waals surface area contributed by atoms with Gasteiger partial charge >= 0.3 is 5.97 Å². The van der Waals surface area contributed by atoms with Crippen LogP contribution in [0.2, 0.25) is 0 Å². The lowest BCUT2D eigenvalue weighted by atomic mass is 10.1. The molecule has 2 aromatic carbocycles. The quantitative estimate of drug-likeness (QED) is 0.119. The zero-order valence-corrected chi connectivity index (χ0v) is 26.4. The van der Waals surface area contributed by atoms with Crippen molar-refractivity contribution in [3.05, 3.63) is 87.6 Å².